The maximum Gasteiger partial charge on any atom is 0.270 e. The van der Waals surface area contributed by atoms with Crippen LogP contribution in [0.2, 0.25) is 0 Å². The molecule has 1 aliphatic heterocycles. The Morgan fingerprint density at radius 1 is 1.14 bits per heavy atom. The monoisotopic (exact) mass is 377 g/mol. The summed E-state index contributed by atoms with van der Waals surface area (Å²) in [6.07, 6.45) is 1.43. The van der Waals surface area contributed by atoms with Crippen molar-refractivity contribution >= 4 is 16.6 Å². The molecule has 0 saturated carbocycles. The lowest BCUT2D eigenvalue weighted by atomic mass is 10.0. The van der Waals surface area contributed by atoms with Gasteiger partial charge in [0.15, 0.2) is 0 Å². The van der Waals surface area contributed by atoms with E-state index in [9.17, 15) is 14.4 Å². The van der Waals surface area contributed by atoms with Gasteiger partial charge in [-0.3, -0.25) is 4.79 Å². The number of aryl methyl sites for hydroxylation is 1. The first-order chi connectivity index (χ1) is 13.6. The van der Waals surface area contributed by atoms with Crippen LogP contribution in [-0.2, 0) is 7.05 Å². The fourth-order valence-corrected chi connectivity index (χ4v) is 3.84. The van der Waals surface area contributed by atoms with Gasteiger partial charge in [-0.25, -0.2) is 4.39 Å². The Hall–Kier alpha value is -3.33. The van der Waals surface area contributed by atoms with Gasteiger partial charge in [0.2, 0.25) is 0 Å². The fraction of sp³-hybridized carbons (Fsp3) is 0.273. The van der Waals surface area contributed by atoms with E-state index in [4.69, 9.17) is 4.74 Å². The summed E-state index contributed by atoms with van der Waals surface area (Å²) < 4.78 is 20.8. The zero-order valence-corrected chi connectivity index (χ0v) is 15.6. The van der Waals surface area contributed by atoms with Crippen molar-refractivity contribution in [2.24, 2.45) is 7.05 Å². The Morgan fingerprint density at radius 3 is 2.61 bits per heavy atom. The molecule has 1 aromatic heterocycles. The minimum absolute atomic E-state index is 0.0265. The predicted octanol–water partition coefficient (Wildman–Crippen LogP) is 3.60. The molecule has 5 nitrogen and oxygen atoms in total. The lowest BCUT2D eigenvalue weighted by molar-refractivity contribution is 0.170. The highest BCUT2D eigenvalue weighted by molar-refractivity contribution is 5.94. The zero-order valence-electron chi connectivity index (χ0n) is 15.6. The summed E-state index contributed by atoms with van der Waals surface area (Å²) in [6.45, 7) is 1.32. The Bertz CT molecular complexity index is 1120. The molecule has 1 aliphatic rings. The van der Waals surface area contributed by atoms with Gasteiger partial charge in [0.1, 0.15) is 29.3 Å². The van der Waals surface area contributed by atoms with Gasteiger partial charge in [-0.1, -0.05) is 24.3 Å². The summed E-state index contributed by atoms with van der Waals surface area (Å²) in [7, 11) is 1.69. The number of hydrogen-bond acceptors (Lipinski definition) is 4. The molecular formula is C22H20FN3O2. The number of nitriles is 1. The van der Waals surface area contributed by atoms with Crippen LogP contribution < -0.4 is 15.2 Å². The van der Waals surface area contributed by atoms with E-state index < -0.39 is 0 Å². The van der Waals surface area contributed by atoms with E-state index in [-0.39, 0.29) is 23.0 Å². The second kappa shape index (κ2) is 7.35. The van der Waals surface area contributed by atoms with Gasteiger partial charge in [0, 0.05) is 44.4 Å². The topological polar surface area (TPSA) is 58.3 Å². The third kappa shape index (κ3) is 3.20. The van der Waals surface area contributed by atoms with Crippen LogP contribution in [0, 0.1) is 17.1 Å². The van der Waals surface area contributed by atoms with Gasteiger partial charge < -0.3 is 14.2 Å². The highest BCUT2D eigenvalue weighted by atomic mass is 19.1. The van der Waals surface area contributed by atoms with Crippen LogP contribution in [0.3, 0.4) is 0 Å². The van der Waals surface area contributed by atoms with E-state index in [0.29, 0.717) is 24.5 Å². The number of halogens is 1. The van der Waals surface area contributed by atoms with Gasteiger partial charge >= 0.3 is 0 Å². The van der Waals surface area contributed by atoms with Crippen molar-refractivity contribution in [1.29, 1.82) is 5.26 Å². The first kappa shape index (κ1) is 18.1. The third-order valence-electron chi connectivity index (χ3n) is 5.24. The number of anilines is 1. The molecule has 0 atom stereocenters. The van der Waals surface area contributed by atoms with Crippen LogP contribution in [0.5, 0.6) is 5.75 Å². The zero-order chi connectivity index (χ0) is 19.7. The second-order valence-corrected chi connectivity index (χ2v) is 6.98. The maximum atomic E-state index is 13.4. The van der Waals surface area contributed by atoms with Crippen molar-refractivity contribution in [2.45, 2.75) is 18.9 Å². The second-order valence-electron chi connectivity index (χ2n) is 6.98. The Morgan fingerprint density at radius 2 is 1.89 bits per heavy atom. The molecule has 6 heteroatoms. The Labute approximate surface area is 162 Å². The molecule has 4 rings (SSSR count). The first-order valence-electron chi connectivity index (χ1n) is 9.27. The highest BCUT2D eigenvalue weighted by Gasteiger charge is 2.26. The van der Waals surface area contributed by atoms with Crippen LogP contribution in [0.25, 0.3) is 10.9 Å². The number of fused-ring (bicyclic) bond motifs is 1. The third-order valence-corrected chi connectivity index (χ3v) is 5.24. The molecule has 0 unspecified atom stereocenters. The lowest BCUT2D eigenvalue weighted by Gasteiger charge is -2.34. The number of hydrogen-bond donors (Lipinski definition) is 0. The van der Waals surface area contributed by atoms with Crippen molar-refractivity contribution in [3.63, 3.8) is 0 Å². The molecule has 1 saturated heterocycles. The molecule has 2 aromatic carbocycles. The summed E-state index contributed by atoms with van der Waals surface area (Å²) in [5, 5.41) is 10.5. The molecule has 0 N–H and O–H groups in total. The molecule has 0 bridgehead atoms. The number of ether oxygens (including phenoxy) is 1. The van der Waals surface area contributed by atoms with Crippen molar-refractivity contribution in [3.05, 3.63) is 70.3 Å². The van der Waals surface area contributed by atoms with E-state index >= 15 is 0 Å². The van der Waals surface area contributed by atoms with Crippen LogP contribution in [-0.4, -0.2) is 23.8 Å². The Kier molecular flexibility index (Phi) is 4.74. The van der Waals surface area contributed by atoms with Gasteiger partial charge in [0.25, 0.3) is 5.56 Å². The summed E-state index contributed by atoms with van der Waals surface area (Å²) in [4.78, 5) is 14.8. The molecule has 0 aliphatic carbocycles. The molecule has 0 radical (unpaired) electrons. The number of rotatable bonds is 3. The summed E-state index contributed by atoms with van der Waals surface area (Å²) in [5.41, 5.74) is 1.39. The lowest BCUT2D eigenvalue weighted by Crippen LogP contribution is -2.40. The minimum Gasteiger partial charge on any atom is -0.490 e. The summed E-state index contributed by atoms with van der Waals surface area (Å²) >= 11 is 0. The minimum atomic E-state index is -0.319. The largest absolute Gasteiger partial charge is 0.490 e. The molecule has 142 valence electrons. The SMILES string of the molecule is Cn1c(=O)c(C#N)c(N2CCC(Oc3cccc(F)c3)CC2)c2ccccc21. The van der Waals surface area contributed by atoms with Crippen LogP contribution in [0.4, 0.5) is 10.1 Å². The van der Waals surface area contributed by atoms with Gasteiger partial charge in [0.05, 0.1) is 11.2 Å². The van der Waals surface area contributed by atoms with Crippen molar-refractivity contribution in [2.75, 3.05) is 18.0 Å². The first-order valence-corrected chi connectivity index (χ1v) is 9.27. The average molecular weight is 377 g/mol. The fourth-order valence-electron chi connectivity index (χ4n) is 3.84. The molecule has 0 spiro atoms. The maximum absolute atomic E-state index is 13.4. The van der Waals surface area contributed by atoms with E-state index in [1.54, 1.807) is 19.2 Å². The normalized spacial score (nSPS) is 14.8. The number of aromatic nitrogens is 1. The van der Waals surface area contributed by atoms with Gasteiger partial charge in [-0.2, -0.15) is 5.26 Å². The van der Waals surface area contributed by atoms with Crippen LogP contribution >= 0.6 is 0 Å². The van der Waals surface area contributed by atoms with Crippen molar-refractivity contribution in [3.8, 4) is 11.8 Å². The van der Waals surface area contributed by atoms with Crippen LogP contribution in [0.1, 0.15) is 18.4 Å². The number of benzene rings is 2. The van der Waals surface area contributed by atoms with Crippen molar-refractivity contribution < 1.29 is 9.13 Å². The molecule has 2 heterocycles. The average Bonchev–Trinajstić information content (AvgIpc) is 2.71. The van der Waals surface area contributed by atoms with E-state index in [1.807, 2.05) is 24.3 Å². The number of piperidine rings is 1. The molecule has 0 amide bonds. The quantitative estimate of drug-likeness (QED) is 0.700. The van der Waals surface area contributed by atoms with Gasteiger partial charge in [-0.15, -0.1) is 0 Å². The predicted molar refractivity (Wildman–Crippen MR) is 106 cm³/mol. The highest BCUT2D eigenvalue weighted by Crippen LogP contribution is 2.31. The Balaban J connectivity index is 1.61. The number of para-hydroxylation sites is 1. The smallest absolute Gasteiger partial charge is 0.270 e. The summed E-state index contributed by atoms with van der Waals surface area (Å²) in [6, 6.07) is 15.9. The van der Waals surface area contributed by atoms with E-state index in [0.717, 1.165) is 23.7 Å². The van der Waals surface area contributed by atoms with Crippen LogP contribution in [0.15, 0.2) is 53.3 Å². The number of nitrogens with zero attached hydrogens (tertiary/aromatic N) is 3. The van der Waals surface area contributed by atoms with Gasteiger partial charge in [-0.05, 0) is 18.2 Å². The molecular weight excluding hydrogens is 357 g/mol. The molecule has 3 aromatic rings. The van der Waals surface area contributed by atoms with Crippen molar-refractivity contribution in [1.82, 2.24) is 4.57 Å². The standard InChI is InChI=1S/C22H20FN3O2/c1-25-20-8-3-2-7-18(20)21(19(14-24)22(25)27)26-11-9-16(10-12-26)28-17-6-4-5-15(23)13-17/h2-8,13,16H,9-12H2,1H3. The van der Waals surface area contributed by atoms with E-state index in [2.05, 4.69) is 11.0 Å². The number of pyridine rings is 1. The molecule has 28 heavy (non-hydrogen) atoms. The summed E-state index contributed by atoms with van der Waals surface area (Å²) in [5.74, 6) is 0.204. The van der Waals surface area contributed by atoms with E-state index in [1.165, 1.54) is 16.7 Å². The molecule has 1 fully saturated rings.